The summed E-state index contributed by atoms with van der Waals surface area (Å²) in [4.78, 5) is 2.47. The molecule has 0 spiro atoms. The molecule has 4 nitrogen and oxygen atoms in total. The molecule has 0 aromatic heterocycles. The van der Waals surface area contributed by atoms with E-state index < -0.39 is 0 Å². The van der Waals surface area contributed by atoms with E-state index in [0.29, 0.717) is 6.61 Å². The van der Waals surface area contributed by atoms with Gasteiger partial charge in [0.25, 0.3) is 0 Å². The zero-order valence-electron chi connectivity index (χ0n) is 14.0. The topological polar surface area (TPSA) is 41.9 Å². The van der Waals surface area contributed by atoms with Crippen LogP contribution in [0.1, 0.15) is 44.7 Å². The van der Waals surface area contributed by atoms with Crippen LogP contribution in [0.4, 0.5) is 0 Å². The molecule has 1 aromatic carbocycles. The lowest BCUT2D eigenvalue weighted by molar-refractivity contribution is 0.125. The van der Waals surface area contributed by atoms with E-state index in [-0.39, 0.29) is 18.6 Å². The van der Waals surface area contributed by atoms with Crippen molar-refractivity contribution in [3.8, 4) is 11.5 Å². The van der Waals surface area contributed by atoms with E-state index in [1.807, 2.05) is 6.07 Å². The number of benzene rings is 1. The smallest absolute Gasteiger partial charge is 0.161 e. The minimum absolute atomic E-state index is 0.192. The van der Waals surface area contributed by atoms with Crippen molar-refractivity contribution in [2.45, 2.75) is 39.2 Å². The fraction of sp³-hybridized carbons (Fsp3) is 0.667. The molecule has 2 rings (SSSR count). The molecule has 0 radical (unpaired) electrons. The van der Waals surface area contributed by atoms with Crippen molar-refractivity contribution in [2.24, 2.45) is 5.92 Å². The van der Waals surface area contributed by atoms with Gasteiger partial charge in [0, 0.05) is 12.6 Å². The maximum absolute atomic E-state index is 9.64. The van der Waals surface area contributed by atoms with E-state index in [2.05, 4.69) is 30.9 Å². The van der Waals surface area contributed by atoms with Gasteiger partial charge >= 0.3 is 0 Å². The molecule has 1 aromatic rings. The molecule has 1 heterocycles. The van der Waals surface area contributed by atoms with Crippen molar-refractivity contribution >= 4 is 0 Å². The number of hydrogen-bond acceptors (Lipinski definition) is 4. The third kappa shape index (κ3) is 3.93. The van der Waals surface area contributed by atoms with Crippen LogP contribution in [0, 0.1) is 5.92 Å². The standard InChI is InChI=1S/C18H29NO3/c1-4-11-22-16-8-7-15(12-17(16)21-3)18(14(2)13-20)19-9-5-6-10-19/h7-8,12,14,18,20H,4-6,9-11,13H2,1-3H3. The highest BCUT2D eigenvalue weighted by Crippen LogP contribution is 2.36. The molecule has 4 heteroatoms. The first-order valence-electron chi connectivity index (χ1n) is 8.36. The number of ether oxygens (including phenoxy) is 2. The van der Waals surface area contributed by atoms with E-state index in [0.717, 1.165) is 31.0 Å². The Morgan fingerprint density at radius 2 is 1.95 bits per heavy atom. The summed E-state index contributed by atoms with van der Waals surface area (Å²) in [7, 11) is 1.68. The van der Waals surface area contributed by atoms with Crippen molar-refractivity contribution in [3.05, 3.63) is 23.8 Å². The van der Waals surface area contributed by atoms with Gasteiger partial charge < -0.3 is 14.6 Å². The Bertz CT molecular complexity index is 458. The lowest BCUT2D eigenvalue weighted by atomic mass is 9.93. The summed E-state index contributed by atoms with van der Waals surface area (Å²) in [6, 6.07) is 6.42. The first-order valence-corrected chi connectivity index (χ1v) is 8.36. The number of hydrogen-bond donors (Lipinski definition) is 1. The molecular weight excluding hydrogens is 278 g/mol. The minimum Gasteiger partial charge on any atom is -0.493 e. The maximum atomic E-state index is 9.64. The van der Waals surface area contributed by atoms with Crippen LogP contribution in [0.2, 0.25) is 0 Å². The molecule has 1 aliphatic rings. The van der Waals surface area contributed by atoms with Crippen molar-refractivity contribution < 1.29 is 14.6 Å². The number of methoxy groups -OCH3 is 1. The average Bonchev–Trinajstić information content (AvgIpc) is 3.07. The molecule has 0 bridgehead atoms. The number of aliphatic hydroxyl groups is 1. The van der Waals surface area contributed by atoms with Crippen LogP contribution >= 0.6 is 0 Å². The van der Waals surface area contributed by atoms with Crippen LogP contribution in [0.5, 0.6) is 11.5 Å². The molecule has 22 heavy (non-hydrogen) atoms. The van der Waals surface area contributed by atoms with Crippen LogP contribution in [-0.4, -0.2) is 43.4 Å². The van der Waals surface area contributed by atoms with Crippen molar-refractivity contribution in [1.82, 2.24) is 4.90 Å². The summed E-state index contributed by atoms with van der Waals surface area (Å²) < 4.78 is 11.2. The molecule has 2 unspecified atom stereocenters. The van der Waals surface area contributed by atoms with Crippen LogP contribution in [0.25, 0.3) is 0 Å². The van der Waals surface area contributed by atoms with Gasteiger partial charge in [0.05, 0.1) is 13.7 Å². The fourth-order valence-corrected chi connectivity index (χ4v) is 3.22. The highest BCUT2D eigenvalue weighted by Gasteiger charge is 2.28. The molecule has 0 aliphatic carbocycles. The van der Waals surface area contributed by atoms with Gasteiger partial charge in [-0.25, -0.2) is 0 Å². The molecule has 1 aliphatic heterocycles. The van der Waals surface area contributed by atoms with Crippen molar-refractivity contribution in [1.29, 1.82) is 0 Å². The molecule has 1 N–H and O–H groups in total. The van der Waals surface area contributed by atoms with Crippen LogP contribution in [0.15, 0.2) is 18.2 Å². The largest absolute Gasteiger partial charge is 0.493 e. The summed E-state index contributed by atoms with van der Waals surface area (Å²) in [6.45, 7) is 7.29. The van der Waals surface area contributed by atoms with E-state index in [1.54, 1.807) is 7.11 Å². The van der Waals surface area contributed by atoms with Gasteiger partial charge in [-0.2, -0.15) is 0 Å². The summed E-state index contributed by atoms with van der Waals surface area (Å²) in [6.07, 6.45) is 3.45. The summed E-state index contributed by atoms with van der Waals surface area (Å²) in [5.41, 5.74) is 1.20. The minimum atomic E-state index is 0.192. The van der Waals surface area contributed by atoms with Crippen molar-refractivity contribution in [2.75, 3.05) is 33.4 Å². The predicted octanol–water partition coefficient (Wildman–Crippen LogP) is 3.25. The Morgan fingerprint density at radius 3 is 2.55 bits per heavy atom. The third-order valence-electron chi connectivity index (χ3n) is 4.35. The molecule has 0 amide bonds. The number of aliphatic hydroxyl groups excluding tert-OH is 1. The summed E-state index contributed by atoms with van der Waals surface area (Å²) >= 11 is 0. The number of rotatable bonds is 8. The zero-order chi connectivity index (χ0) is 15.9. The Labute approximate surface area is 134 Å². The Kier molecular flexibility index (Phi) is 6.52. The van der Waals surface area contributed by atoms with Crippen LogP contribution in [-0.2, 0) is 0 Å². The molecule has 1 saturated heterocycles. The van der Waals surface area contributed by atoms with Crippen LogP contribution < -0.4 is 9.47 Å². The van der Waals surface area contributed by atoms with E-state index >= 15 is 0 Å². The molecular formula is C18H29NO3. The highest BCUT2D eigenvalue weighted by atomic mass is 16.5. The zero-order valence-corrected chi connectivity index (χ0v) is 14.0. The lowest BCUT2D eigenvalue weighted by Crippen LogP contribution is -2.32. The normalized spacial score (nSPS) is 18.2. The van der Waals surface area contributed by atoms with Crippen LogP contribution in [0.3, 0.4) is 0 Å². The Morgan fingerprint density at radius 1 is 1.23 bits per heavy atom. The first-order chi connectivity index (χ1) is 10.7. The predicted molar refractivity (Wildman–Crippen MR) is 88.6 cm³/mol. The van der Waals surface area contributed by atoms with E-state index in [9.17, 15) is 5.11 Å². The quantitative estimate of drug-likeness (QED) is 0.800. The summed E-state index contributed by atoms with van der Waals surface area (Å²) in [5, 5.41) is 9.64. The van der Waals surface area contributed by atoms with Crippen molar-refractivity contribution in [3.63, 3.8) is 0 Å². The molecule has 2 atom stereocenters. The molecule has 124 valence electrons. The lowest BCUT2D eigenvalue weighted by Gasteiger charge is -2.32. The number of nitrogens with zero attached hydrogens (tertiary/aromatic N) is 1. The fourth-order valence-electron chi connectivity index (χ4n) is 3.22. The monoisotopic (exact) mass is 307 g/mol. The second-order valence-corrected chi connectivity index (χ2v) is 6.11. The second-order valence-electron chi connectivity index (χ2n) is 6.11. The molecule has 0 saturated carbocycles. The van der Waals surface area contributed by atoms with E-state index in [4.69, 9.17) is 9.47 Å². The van der Waals surface area contributed by atoms with E-state index in [1.165, 1.54) is 18.4 Å². The van der Waals surface area contributed by atoms with Gasteiger partial charge in [-0.1, -0.05) is 19.9 Å². The van der Waals surface area contributed by atoms with Gasteiger partial charge in [0.15, 0.2) is 11.5 Å². The number of likely N-dealkylation sites (tertiary alicyclic amines) is 1. The Hall–Kier alpha value is -1.26. The highest BCUT2D eigenvalue weighted by molar-refractivity contribution is 5.44. The maximum Gasteiger partial charge on any atom is 0.161 e. The van der Waals surface area contributed by atoms with Gasteiger partial charge in [-0.15, -0.1) is 0 Å². The third-order valence-corrected chi connectivity index (χ3v) is 4.35. The van der Waals surface area contributed by atoms with Gasteiger partial charge in [0.2, 0.25) is 0 Å². The van der Waals surface area contributed by atoms with Gasteiger partial charge in [0.1, 0.15) is 0 Å². The Balaban J connectivity index is 2.26. The average molecular weight is 307 g/mol. The molecule has 1 fully saturated rings. The van der Waals surface area contributed by atoms with Gasteiger partial charge in [-0.05, 0) is 56.0 Å². The second kappa shape index (κ2) is 8.39. The summed E-state index contributed by atoms with van der Waals surface area (Å²) in [5.74, 6) is 1.77. The van der Waals surface area contributed by atoms with Gasteiger partial charge in [-0.3, -0.25) is 4.90 Å². The SMILES string of the molecule is CCCOc1ccc(C(C(C)CO)N2CCCC2)cc1OC. The first kappa shape index (κ1) is 17.1.